The lowest BCUT2D eigenvalue weighted by Gasteiger charge is -2.16. The van der Waals surface area contributed by atoms with Crippen molar-refractivity contribution >= 4 is 22.9 Å². The molecule has 1 aliphatic carbocycles. The maximum Gasteiger partial charge on any atom is 0.269 e. The summed E-state index contributed by atoms with van der Waals surface area (Å²) in [4.78, 5) is 24.4. The predicted octanol–water partition coefficient (Wildman–Crippen LogP) is 2.78. The van der Waals surface area contributed by atoms with Crippen LogP contribution >= 0.6 is 11.3 Å². The summed E-state index contributed by atoms with van der Waals surface area (Å²) in [6.45, 7) is 2.19. The Hall–Kier alpha value is -2.41. The van der Waals surface area contributed by atoms with Crippen molar-refractivity contribution in [2.75, 3.05) is 0 Å². The van der Waals surface area contributed by atoms with Crippen LogP contribution in [0, 0.1) is 16.0 Å². The zero-order valence-electron chi connectivity index (χ0n) is 13.2. The second-order valence-corrected chi connectivity index (χ2v) is 7.28. The van der Waals surface area contributed by atoms with Gasteiger partial charge in [-0.05, 0) is 42.4 Å². The molecule has 24 heavy (non-hydrogen) atoms. The van der Waals surface area contributed by atoms with Crippen LogP contribution in [0.4, 0.5) is 5.69 Å². The molecule has 1 aromatic carbocycles. The number of fused-ring (bicyclic) bond motifs is 1. The van der Waals surface area contributed by atoms with Gasteiger partial charge in [0, 0.05) is 23.6 Å². The second kappa shape index (κ2) is 6.60. The fourth-order valence-corrected chi connectivity index (χ4v) is 4.02. The van der Waals surface area contributed by atoms with E-state index in [0.29, 0.717) is 10.8 Å². The highest BCUT2D eigenvalue weighted by Gasteiger charge is 2.20. The summed E-state index contributed by atoms with van der Waals surface area (Å²) >= 11 is 1.49. The highest BCUT2D eigenvalue weighted by atomic mass is 32.1. The smallest absolute Gasteiger partial charge is 0.269 e. The average molecular weight is 345 g/mol. The van der Waals surface area contributed by atoms with Crippen molar-refractivity contribution in [1.82, 2.24) is 5.32 Å². The minimum absolute atomic E-state index is 0.0156. The molecule has 0 aliphatic heterocycles. The minimum Gasteiger partial charge on any atom is -0.872 e. The SMILES string of the molecule is C[C@@H]1CCc2sc(C(=O)NCc3cc([N+](=O)[O-])ccc3[O-])cc2C1. The number of carbonyl (C=O) groups excluding carboxylic acids is 1. The molecule has 0 bridgehead atoms. The lowest BCUT2D eigenvalue weighted by molar-refractivity contribution is -0.385. The first kappa shape index (κ1) is 16.4. The van der Waals surface area contributed by atoms with Gasteiger partial charge in [-0.1, -0.05) is 13.0 Å². The molecule has 1 aromatic heterocycles. The molecule has 1 N–H and O–H groups in total. The number of amides is 1. The van der Waals surface area contributed by atoms with Gasteiger partial charge in [-0.15, -0.1) is 17.1 Å². The van der Waals surface area contributed by atoms with Gasteiger partial charge in [-0.2, -0.15) is 0 Å². The molecular weight excluding hydrogens is 328 g/mol. The molecule has 1 heterocycles. The molecule has 126 valence electrons. The number of aryl methyl sites for hydroxylation is 1. The number of rotatable bonds is 4. The van der Waals surface area contributed by atoms with E-state index in [2.05, 4.69) is 12.2 Å². The molecule has 0 radical (unpaired) electrons. The maximum atomic E-state index is 12.3. The first-order chi connectivity index (χ1) is 11.4. The topological polar surface area (TPSA) is 95.3 Å². The van der Waals surface area contributed by atoms with E-state index in [1.807, 2.05) is 6.07 Å². The van der Waals surface area contributed by atoms with E-state index in [1.54, 1.807) is 0 Å². The molecule has 1 amide bonds. The average Bonchev–Trinajstić information content (AvgIpc) is 2.96. The predicted molar refractivity (Wildman–Crippen MR) is 89.2 cm³/mol. The molecule has 1 aliphatic rings. The molecule has 0 saturated heterocycles. The van der Waals surface area contributed by atoms with Crippen LogP contribution in [0.2, 0.25) is 0 Å². The highest BCUT2D eigenvalue weighted by molar-refractivity contribution is 7.14. The number of nitrogens with zero attached hydrogens (tertiary/aromatic N) is 1. The monoisotopic (exact) mass is 345 g/mol. The van der Waals surface area contributed by atoms with Crippen LogP contribution in [0.3, 0.4) is 0 Å². The first-order valence-corrected chi connectivity index (χ1v) is 8.60. The molecule has 0 spiro atoms. The van der Waals surface area contributed by atoms with Crippen molar-refractivity contribution in [3.63, 3.8) is 0 Å². The molecule has 6 nitrogen and oxygen atoms in total. The summed E-state index contributed by atoms with van der Waals surface area (Å²) in [5.41, 5.74) is 1.30. The van der Waals surface area contributed by atoms with E-state index < -0.39 is 4.92 Å². The van der Waals surface area contributed by atoms with Gasteiger partial charge < -0.3 is 10.4 Å². The summed E-state index contributed by atoms with van der Waals surface area (Å²) in [6, 6.07) is 5.47. The highest BCUT2D eigenvalue weighted by Crippen LogP contribution is 2.32. The van der Waals surface area contributed by atoms with E-state index in [0.717, 1.165) is 25.3 Å². The summed E-state index contributed by atoms with van der Waals surface area (Å²) < 4.78 is 0. The molecule has 0 unspecified atom stereocenters. The number of nitro benzene ring substituents is 1. The summed E-state index contributed by atoms with van der Waals surface area (Å²) in [5.74, 6) is 0.0732. The fourth-order valence-electron chi connectivity index (χ4n) is 2.90. The minimum atomic E-state index is -0.556. The van der Waals surface area contributed by atoms with Crippen LogP contribution in [0.1, 0.15) is 39.0 Å². The van der Waals surface area contributed by atoms with E-state index in [9.17, 15) is 20.0 Å². The van der Waals surface area contributed by atoms with Gasteiger partial charge in [0.1, 0.15) is 0 Å². The van der Waals surface area contributed by atoms with E-state index in [1.165, 1.54) is 33.9 Å². The number of thiophene rings is 1. The van der Waals surface area contributed by atoms with Crippen molar-refractivity contribution < 1.29 is 14.8 Å². The Morgan fingerprint density at radius 3 is 2.96 bits per heavy atom. The van der Waals surface area contributed by atoms with E-state index >= 15 is 0 Å². The molecule has 1 atom stereocenters. The van der Waals surface area contributed by atoms with Gasteiger partial charge in [0.25, 0.3) is 11.6 Å². The summed E-state index contributed by atoms with van der Waals surface area (Å²) in [7, 11) is 0. The zero-order valence-corrected chi connectivity index (χ0v) is 14.0. The Balaban J connectivity index is 1.70. The number of nitrogens with one attached hydrogen (secondary N) is 1. The zero-order chi connectivity index (χ0) is 17.3. The Morgan fingerprint density at radius 1 is 1.42 bits per heavy atom. The Bertz CT molecular complexity index is 800. The number of hydrogen-bond donors (Lipinski definition) is 1. The van der Waals surface area contributed by atoms with Gasteiger partial charge in [-0.25, -0.2) is 0 Å². The van der Waals surface area contributed by atoms with Crippen molar-refractivity contribution in [3.05, 3.63) is 55.3 Å². The fraction of sp³-hybridized carbons (Fsp3) is 0.353. The number of benzene rings is 1. The molecule has 3 rings (SSSR count). The number of non-ortho nitro benzene ring substituents is 1. The lowest BCUT2D eigenvalue weighted by atomic mass is 9.90. The van der Waals surface area contributed by atoms with E-state index in [-0.39, 0.29) is 29.5 Å². The standard InChI is InChI=1S/C17H18N2O4S/c1-10-2-5-15-11(6-10)8-16(24-15)17(21)18-9-12-7-13(19(22)23)3-4-14(12)20/h3-4,7-8,10,20H,2,5-6,9H2,1H3,(H,18,21)/p-1/t10-/m1/s1. The molecule has 2 aromatic rings. The van der Waals surface area contributed by atoms with Crippen LogP contribution in [0.5, 0.6) is 5.75 Å². The third kappa shape index (κ3) is 3.41. The van der Waals surface area contributed by atoms with Crippen molar-refractivity contribution in [2.24, 2.45) is 5.92 Å². The Morgan fingerprint density at radius 2 is 2.21 bits per heavy atom. The summed E-state index contributed by atoms with van der Waals surface area (Å²) in [6.07, 6.45) is 3.14. The molecule has 0 fully saturated rings. The molecular formula is C17H17N2O4S-. The van der Waals surface area contributed by atoms with Crippen LogP contribution in [-0.4, -0.2) is 10.8 Å². The maximum absolute atomic E-state index is 12.3. The number of carbonyl (C=O) groups is 1. The van der Waals surface area contributed by atoms with Gasteiger partial charge in [-0.3, -0.25) is 14.9 Å². The third-order valence-corrected chi connectivity index (χ3v) is 5.48. The molecule has 7 heteroatoms. The van der Waals surface area contributed by atoms with Crippen molar-refractivity contribution in [1.29, 1.82) is 0 Å². The number of nitro groups is 1. The van der Waals surface area contributed by atoms with Crippen LogP contribution < -0.4 is 10.4 Å². The van der Waals surface area contributed by atoms with Gasteiger partial charge in [0.15, 0.2) is 0 Å². The second-order valence-electron chi connectivity index (χ2n) is 6.14. The third-order valence-electron chi connectivity index (χ3n) is 4.25. The van der Waals surface area contributed by atoms with Gasteiger partial charge >= 0.3 is 0 Å². The Kier molecular flexibility index (Phi) is 4.53. The van der Waals surface area contributed by atoms with Gasteiger partial charge in [0.05, 0.1) is 9.80 Å². The quantitative estimate of drug-likeness (QED) is 0.681. The normalized spacial score (nSPS) is 16.5. The Labute approximate surface area is 143 Å². The van der Waals surface area contributed by atoms with Crippen LogP contribution in [0.25, 0.3) is 0 Å². The summed E-state index contributed by atoms with van der Waals surface area (Å²) in [5, 5.41) is 25.2. The van der Waals surface area contributed by atoms with Crippen molar-refractivity contribution in [3.8, 4) is 5.75 Å². The van der Waals surface area contributed by atoms with Crippen molar-refractivity contribution in [2.45, 2.75) is 32.7 Å². The van der Waals surface area contributed by atoms with E-state index in [4.69, 9.17) is 0 Å². The first-order valence-electron chi connectivity index (χ1n) is 7.78. The lowest BCUT2D eigenvalue weighted by Crippen LogP contribution is -2.22. The van der Waals surface area contributed by atoms with Gasteiger partial charge in [0.2, 0.25) is 0 Å². The molecule has 0 saturated carbocycles. The number of hydrogen-bond acceptors (Lipinski definition) is 5. The largest absolute Gasteiger partial charge is 0.872 e. The van der Waals surface area contributed by atoms with Crippen LogP contribution in [-0.2, 0) is 19.4 Å². The van der Waals surface area contributed by atoms with Crippen LogP contribution in [0.15, 0.2) is 24.3 Å².